The first-order valence-electron chi connectivity index (χ1n) is 7.17. The third kappa shape index (κ3) is 2.16. The Bertz CT molecular complexity index is 887. The first kappa shape index (κ1) is 13.9. The number of hydrogen-bond acceptors (Lipinski definition) is 3. The Labute approximate surface area is 122 Å². The Kier molecular flexibility index (Phi) is 3.33. The van der Waals surface area contributed by atoms with Crippen LogP contribution in [0.25, 0.3) is 21.9 Å². The molecule has 0 aliphatic carbocycles. The van der Waals surface area contributed by atoms with Gasteiger partial charge >= 0.3 is 0 Å². The van der Waals surface area contributed by atoms with Crippen LogP contribution in [0.3, 0.4) is 0 Å². The van der Waals surface area contributed by atoms with Crippen LogP contribution in [0.1, 0.15) is 23.3 Å². The van der Waals surface area contributed by atoms with Crippen LogP contribution in [-0.4, -0.2) is 16.3 Å². The molecule has 0 bridgehead atoms. The van der Waals surface area contributed by atoms with Crippen molar-refractivity contribution in [1.82, 2.24) is 4.57 Å². The molecule has 0 atom stereocenters. The van der Waals surface area contributed by atoms with Crippen LogP contribution in [0.15, 0.2) is 27.4 Å². The maximum Gasteiger partial charge on any atom is 0.251 e. The Morgan fingerprint density at radius 3 is 2.57 bits per heavy atom. The van der Waals surface area contributed by atoms with Crippen LogP contribution in [-0.2, 0) is 6.54 Å². The Balaban J connectivity index is 2.50. The summed E-state index contributed by atoms with van der Waals surface area (Å²) in [5.74, 6) is 0.836. The van der Waals surface area contributed by atoms with Crippen molar-refractivity contribution in [3.63, 3.8) is 0 Å². The van der Waals surface area contributed by atoms with E-state index in [4.69, 9.17) is 9.52 Å². The summed E-state index contributed by atoms with van der Waals surface area (Å²) in [7, 11) is 0. The summed E-state index contributed by atoms with van der Waals surface area (Å²) in [6.45, 7) is 6.47. The minimum absolute atomic E-state index is 0.0301. The lowest BCUT2D eigenvalue weighted by molar-refractivity contribution is 0.280. The van der Waals surface area contributed by atoms with Crippen molar-refractivity contribution in [1.29, 1.82) is 0 Å². The number of fused-ring (bicyclic) bond motifs is 3. The molecule has 0 spiro atoms. The summed E-state index contributed by atoms with van der Waals surface area (Å²) in [6, 6.07) is 5.72. The van der Waals surface area contributed by atoms with E-state index in [2.05, 4.69) is 6.07 Å². The summed E-state index contributed by atoms with van der Waals surface area (Å²) in [6.07, 6.45) is 0.560. The van der Waals surface area contributed by atoms with Crippen LogP contribution < -0.4 is 5.56 Å². The molecule has 0 amide bonds. The number of rotatable bonds is 3. The molecule has 3 rings (SSSR count). The largest absolute Gasteiger partial charge is 0.461 e. The SMILES string of the molecule is Cc1cc2c(o1)c(C)cc1c(C)cc(=O)n(CCCO)c12. The van der Waals surface area contributed by atoms with Crippen molar-refractivity contribution in [2.24, 2.45) is 0 Å². The van der Waals surface area contributed by atoms with E-state index in [-0.39, 0.29) is 12.2 Å². The lowest BCUT2D eigenvalue weighted by Crippen LogP contribution is -2.21. The summed E-state index contributed by atoms with van der Waals surface area (Å²) < 4.78 is 7.53. The van der Waals surface area contributed by atoms with Gasteiger partial charge in [0.1, 0.15) is 11.3 Å². The highest BCUT2D eigenvalue weighted by atomic mass is 16.3. The number of aryl methyl sites for hydroxylation is 4. The van der Waals surface area contributed by atoms with Crippen LogP contribution >= 0.6 is 0 Å². The smallest absolute Gasteiger partial charge is 0.251 e. The molecule has 0 aliphatic rings. The van der Waals surface area contributed by atoms with Gasteiger partial charge in [0, 0.05) is 30.0 Å². The third-order valence-corrected chi connectivity index (χ3v) is 3.93. The second-order valence-corrected chi connectivity index (χ2v) is 5.58. The zero-order valence-electron chi connectivity index (χ0n) is 12.6. The van der Waals surface area contributed by atoms with Gasteiger partial charge in [0.05, 0.1) is 5.52 Å². The predicted molar refractivity (Wildman–Crippen MR) is 83.9 cm³/mol. The second kappa shape index (κ2) is 5.04. The van der Waals surface area contributed by atoms with Crippen molar-refractivity contribution in [3.8, 4) is 0 Å². The maximum absolute atomic E-state index is 12.3. The molecule has 0 aliphatic heterocycles. The predicted octanol–water partition coefficient (Wildman–Crippen LogP) is 3.06. The molecular weight excluding hydrogens is 266 g/mol. The molecule has 0 radical (unpaired) electrons. The van der Waals surface area contributed by atoms with Crippen molar-refractivity contribution < 1.29 is 9.52 Å². The fourth-order valence-electron chi connectivity index (χ4n) is 2.97. The molecule has 2 aromatic heterocycles. The van der Waals surface area contributed by atoms with Gasteiger partial charge in [-0.2, -0.15) is 0 Å². The number of aromatic nitrogens is 1. The second-order valence-electron chi connectivity index (χ2n) is 5.58. The normalized spacial score (nSPS) is 11.6. The zero-order valence-corrected chi connectivity index (χ0v) is 12.6. The molecule has 0 saturated carbocycles. The molecule has 0 unspecified atom stereocenters. The molecule has 3 aromatic rings. The standard InChI is InChI=1S/C17H19NO3/c1-10-8-15(20)18(5-4-6-19)16-13(10)7-11(2)17-14(16)9-12(3)21-17/h7-9,19H,4-6H2,1-3H3. The number of benzene rings is 1. The van der Waals surface area contributed by atoms with Crippen molar-refractivity contribution >= 4 is 21.9 Å². The van der Waals surface area contributed by atoms with E-state index in [1.165, 1.54) is 0 Å². The van der Waals surface area contributed by atoms with Gasteiger partial charge in [-0.05, 0) is 50.5 Å². The first-order valence-corrected chi connectivity index (χ1v) is 7.17. The number of aliphatic hydroxyl groups is 1. The monoisotopic (exact) mass is 285 g/mol. The summed E-state index contributed by atoms with van der Waals surface area (Å²) in [5.41, 5.74) is 3.76. The van der Waals surface area contributed by atoms with E-state index < -0.39 is 0 Å². The Hall–Kier alpha value is -2.07. The highest BCUT2D eigenvalue weighted by Crippen LogP contribution is 2.31. The van der Waals surface area contributed by atoms with E-state index in [9.17, 15) is 4.79 Å². The van der Waals surface area contributed by atoms with Gasteiger partial charge in [-0.1, -0.05) is 0 Å². The van der Waals surface area contributed by atoms with Crippen LogP contribution in [0.5, 0.6) is 0 Å². The first-order chi connectivity index (χ1) is 10.0. The van der Waals surface area contributed by atoms with E-state index in [1.54, 1.807) is 10.6 Å². The molecule has 0 saturated heterocycles. The zero-order chi connectivity index (χ0) is 15.1. The number of hydrogen-bond donors (Lipinski definition) is 1. The lowest BCUT2D eigenvalue weighted by atomic mass is 10.0. The topological polar surface area (TPSA) is 55.4 Å². The van der Waals surface area contributed by atoms with Gasteiger partial charge in [0.2, 0.25) is 0 Å². The molecule has 110 valence electrons. The van der Waals surface area contributed by atoms with Gasteiger partial charge in [0.25, 0.3) is 5.56 Å². The van der Waals surface area contributed by atoms with Gasteiger partial charge in [0.15, 0.2) is 0 Å². The fourth-order valence-corrected chi connectivity index (χ4v) is 2.97. The summed E-state index contributed by atoms with van der Waals surface area (Å²) in [4.78, 5) is 12.3. The quantitative estimate of drug-likeness (QED) is 0.804. The van der Waals surface area contributed by atoms with Crippen molar-refractivity contribution in [3.05, 3.63) is 45.4 Å². The minimum atomic E-state index is -0.0301. The maximum atomic E-state index is 12.3. The number of pyridine rings is 1. The highest BCUT2D eigenvalue weighted by molar-refractivity contribution is 6.06. The lowest BCUT2D eigenvalue weighted by Gasteiger charge is -2.13. The third-order valence-electron chi connectivity index (χ3n) is 3.93. The Morgan fingerprint density at radius 2 is 1.86 bits per heavy atom. The van der Waals surface area contributed by atoms with Gasteiger partial charge in [-0.15, -0.1) is 0 Å². The van der Waals surface area contributed by atoms with Crippen molar-refractivity contribution in [2.75, 3.05) is 6.61 Å². The molecule has 1 aromatic carbocycles. The molecule has 4 heteroatoms. The number of aliphatic hydroxyl groups excluding tert-OH is 1. The molecular formula is C17H19NO3. The van der Waals surface area contributed by atoms with E-state index >= 15 is 0 Å². The fraction of sp³-hybridized carbons (Fsp3) is 0.353. The van der Waals surface area contributed by atoms with Crippen LogP contribution in [0, 0.1) is 20.8 Å². The molecule has 1 N–H and O–H groups in total. The van der Waals surface area contributed by atoms with Crippen LogP contribution in [0.4, 0.5) is 0 Å². The van der Waals surface area contributed by atoms with Gasteiger partial charge < -0.3 is 14.1 Å². The molecule has 2 heterocycles. The highest BCUT2D eigenvalue weighted by Gasteiger charge is 2.14. The van der Waals surface area contributed by atoms with E-state index in [0.29, 0.717) is 13.0 Å². The molecule has 0 fully saturated rings. The number of nitrogens with zero attached hydrogens (tertiary/aromatic N) is 1. The van der Waals surface area contributed by atoms with Crippen LogP contribution in [0.2, 0.25) is 0 Å². The summed E-state index contributed by atoms with van der Waals surface area (Å²) in [5, 5.41) is 11.1. The van der Waals surface area contributed by atoms with E-state index in [1.807, 2.05) is 26.8 Å². The van der Waals surface area contributed by atoms with Crippen molar-refractivity contribution in [2.45, 2.75) is 33.7 Å². The molecule has 21 heavy (non-hydrogen) atoms. The summed E-state index contributed by atoms with van der Waals surface area (Å²) >= 11 is 0. The molecule has 4 nitrogen and oxygen atoms in total. The average molecular weight is 285 g/mol. The Morgan fingerprint density at radius 1 is 1.10 bits per heavy atom. The number of furan rings is 1. The van der Waals surface area contributed by atoms with Gasteiger partial charge in [-0.3, -0.25) is 4.79 Å². The van der Waals surface area contributed by atoms with Gasteiger partial charge in [-0.25, -0.2) is 0 Å². The average Bonchev–Trinajstić information content (AvgIpc) is 2.82. The van der Waals surface area contributed by atoms with E-state index in [0.717, 1.165) is 38.8 Å². The minimum Gasteiger partial charge on any atom is -0.461 e.